The van der Waals surface area contributed by atoms with Crippen LogP contribution in [0.25, 0.3) is 0 Å². The summed E-state index contributed by atoms with van der Waals surface area (Å²) in [6.07, 6.45) is 1.18. The maximum absolute atomic E-state index is 12.5. The lowest BCUT2D eigenvalue weighted by Gasteiger charge is -2.35. The minimum Gasteiger partial charge on any atom is -0.392 e. The molecule has 0 aromatic carbocycles. The van der Waals surface area contributed by atoms with Gasteiger partial charge in [0.1, 0.15) is 0 Å². The van der Waals surface area contributed by atoms with Gasteiger partial charge in [0.25, 0.3) is 10.0 Å². The Balaban J connectivity index is 2.36. The van der Waals surface area contributed by atoms with Crippen LogP contribution in [0.3, 0.4) is 0 Å². The molecule has 1 saturated heterocycles. The summed E-state index contributed by atoms with van der Waals surface area (Å²) in [5.41, 5.74) is 0.279. The molecule has 0 amide bonds. The molecule has 0 spiro atoms. The maximum atomic E-state index is 12.5. The van der Waals surface area contributed by atoms with Gasteiger partial charge in [0.15, 0.2) is 5.03 Å². The Hall–Kier alpha value is -0.960. The van der Waals surface area contributed by atoms with Crippen LogP contribution in [0.2, 0.25) is 0 Å². The van der Waals surface area contributed by atoms with Gasteiger partial charge < -0.3 is 9.84 Å². The SMILES string of the molecule is CC1CN(S(=O)(=O)c2[nH]ncc2CO)C(C)CO1. The van der Waals surface area contributed by atoms with E-state index in [2.05, 4.69) is 10.2 Å². The molecule has 2 rings (SSSR count). The smallest absolute Gasteiger partial charge is 0.260 e. The lowest BCUT2D eigenvalue weighted by molar-refractivity contribution is -0.0171. The minimum absolute atomic E-state index is 0.0362. The zero-order valence-corrected chi connectivity index (χ0v) is 11.1. The van der Waals surface area contributed by atoms with Crippen LogP contribution in [0, 0.1) is 0 Å². The van der Waals surface area contributed by atoms with Gasteiger partial charge in [-0.25, -0.2) is 8.42 Å². The Bertz CT molecular complexity index is 513. The molecule has 1 aromatic heterocycles. The summed E-state index contributed by atoms with van der Waals surface area (Å²) in [7, 11) is -3.67. The molecule has 102 valence electrons. The van der Waals surface area contributed by atoms with Gasteiger partial charge in [-0.3, -0.25) is 5.10 Å². The topological polar surface area (TPSA) is 95.5 Å². The molecule has 8 heteroatoms. The van der Waals surface area contributed by atoms with E-state index in [1.807, 2.05) is 6.92 Å². The number of aromatic nitrogens is 2. The van der Waals surface area contributed by atoms with E-state index in [9.17, 15) is 8.42 Å². The monoisotopic (exact) mass is 275 g/mol. The Morgan fingerprint density at radius 3 is 3.00 bits per heavy atom. The van der Waals surface area contributed by atoms with Gasteiger partial charge in [-0.05, 0) is 13.8 Å². The molecular formula is C10H17N3O4S. The molecule has 1 aliphatic heterocycles. The number of aliphatic hydroxyl groups excluding tert-OH is 1. The summed E-state index contributed by atoms with van der Waals surface area (Å²) in [5.74, 6) is 0. The van der Waals surface area contributed by atoms with E-state index in [0.717, 1.165) is 0 Å². The number of ether oxygens (including phenoxy) is 1. The fourth-order valence-corrected chi connectivity index (χ4v) is 3.75. The summed E-state index contributed by atoms with van der Waals surface area (Å²) in [5, 5.41) is 15.2. The Kier molecular flexibility index (Phi) is 3.71. The predicted molar refractivity (Wildman–Crippen MR) is 63.3 cm³/mol. The molecule has 2 heterocycles. The van der Waals surface area contributed by atoms with Crippen LogP contribution in [-0.4, -0.2) is 53.3 Å². The third-order valence-electron chi connectivity index (χ3n) is 2.97. The van der Waals surface area contributed by atoms with Gasteiger partial charge >= 0.3 is 0 Å². The first kappa shape index (κ1) is 13.5. The number of rotatable bonds is 3. The van der Waals surface area contributed by atoms with E-state index >= 15 is 0 Å². The van der Waals surface area contributed by atoms with E-state index in [0.29, 0.717) is 13.2 Å². The average Bonchev–Trinajstić information content (AvgIpc) is 2.81. The van der Waals surface area contributed by atoms with E-state index in [4.69, 9.17) is 9.84 Å². The second-order valence-corrected chi connectivity index (χ2v) is 6.28. The number of aliphatic hydroxyl groups is 1. The zero-order valence-electron chi connectivity index (χ0n) is 10.3. The lowest BCUT2D eigenvalue weighted by atomic mass is 10.2. The normalized spacial score (nSPS) is 26.4. The fourth-order valence-electron chi connectivity index (χ4n) is 1.96. The Labute approximate surface area is 106 Å². The van der Waals surface area contributed by atoms with Crippen molar-refractivity contribution in [2.24, 2.45) is 0 Å². The van der Waals surface area contributed by atoms with Crippen LogP contribution in [0.5, 0.6) is 0 Å². The first-order valence-corrected chi connectivity index (χ1v) is 7.17. The molecule has 2 N–H and O–H groups in total. The van der Waals surface area contributed by atoms with Crippen LogP contribution >= 0.6 is 0 Å². The van der Waals surface area contributed by atoms with Crippen molar-refractivity contribution >= 4 is 10.0 Å². The molecule has 18 heavy (non-hydrogen) atoms. The highest BCUT2D eigenvalue weighted by Gasteiger charge is 2.36. The number of nitrogens with zero attached hydrogens (tertiary/aromatic N) is 2. The minimum atomic E-state index is -3.67. The van der Waals surface area contributed by atoms with Crippen LogP contribution in [-0.2, 0) is 21.4 Å². The Morgan fingerprint density at radius 1 is 1.61 bits per heavy atom. The second kappa shape index (κ2) is 4.96. The predicted octanol–water partition coefficient (Wildman–Crippen LogP) is -0.300. The number of aromatic amines is 1. The quantitative estimate of drug-likeness (QED) is 0.789. The molecule has 2 unspecified atom stereocenters. The lowest BCUT2D eigenvalue weighted by Crippen LogP contribution is -2.50. The van der Waals surface area contributed by atoms with Gasteiger partial charge in [-0.15, -0.1) is 0 Å². The molecule has 2 atom stereocenters. The third-order valence-corrected chi connectivity index (χ3v) is 4.96. The van der Waals surface area contributed by atoms with Gasteiger partial charge in [-0.1, -0.05) is 0 Å². The number of hydrogen-bond donors (Lipinski definition) is 2. The summed E-state index contributed by atoms with van der Waals surface area (Å²) in [6, 6.07) is -0.235. The molecule has 1 aliphatic rings. The Morgan fingerprint density at radius 2 is 2.33 bits per heavy atom. The van der Waals surface area contributed by atoms with Crippen molar-refractivity contribution in [2.45, 2.75) is 37.6 Å². The standard InChI is InChI=1S/C10H17N3O4S/c1-7-6-17-8(2)4-13(7)18(15,16)10-9(5-14)3-11-12-10/h3,7-8,14H,4-6H2,1-2H3,(H,11,12). The molecule has 0 saturated carbocycles. The highest BCUT2D eigenvalue weighted by molar-refractivity contribution is 7.89. The highest BCUT2D eigenvalue weighted by atomic mass is 32.2. The van der Waals surface area contributed by atoms with Crippen molar-refractivity contribution in [1.82, 2.24) is 14.5 Å². The van der Waals surface area contributed by atoms with Crippen LogP contribution in [0.1, 0.15) is 19.4 Å². The van der Waals surface area contributed by atoms with E-state index in [-0.39, 0.29) is 29.3 Å². The second-order valence-electron chi connectivity index (χ2n) is 4.45. The van der Waals surface area contributed by atoms with Gasteiger partial charge in [0, 0.05) is 18.2 Å². The van der Waals surface area contributed by atoms with Gasteiger partial charge in [0.2, 0.25) is 0 Å². The van der Waals surface area contributed by atoms with Crippen LogP contribution < -0.4 is 0 Å². The van der Waals surface area contributed by atoms with E-state index < -0.39 is 10.0 Å². The summed E-state index contributed by atoms with van der Waals surface area (Å²) >= 11 is 0. The molecule has 1 fully saturated rings. The molecule has 7 nitrogen and oxygen atoms in total. The molecule has 1 aromatic rings. The van der Waals surface area contributed by atoms with Crippen molar-refractivity contribution < 1.29 is 18.3 Å². The number of morpholine rings is 1. The van der Waals surface area contributed by atoms with Crippen molar-refractivity contribution in [3.63, 3.8) is 0 Å². The van der Waals surface area contributed by atoms with E-state index in [1.165, 1.54) is 10.5 Å². The summed E-state index contributed by atoms with van der Waals surface area (Å²) in [6.45, 7) is 3.92. The largest absolute Gasteiger partial charge is 0.392 e. The van der Waals surface area contributed by atoms with Crippen molar-refractivity contribution in [1.29, 1.82) is 0 Å². The molecule has 0 bridgehead atoms. The van der Waals surface area contributed by atoms with E-state index in [1.54, 1.807) is 6.92 Å². The molecular weight excluding hydrogens is 258 g/mol. The molecule has 0 radical (unpaired) electrons. The van der Waals surface area contributed by atoms with Gasteiger partial charge in [-0.2, -0.15) is 9.40 Å². The van der Waals surface area contributed by atoms with Gasteiger partial charge in [0.05, 0.1) is 25.5 Å². The summed E-state index contributed by atoms with van der Waals surface area (Å²) < 4.78 is 31.7. The van der Waals surface area contributed by atoms with Crippen molar-refractivity contribution in [2.75, 3.05) is 13.2 Å². The maximum Gasteiger partial charge on any atom is 0.260 e. The third kappa shape index (κ3) is 2.28. The first-order valence-electron chi connectivity index (χ1n) is 5.73. The van der Waals surface area contributed by atoms with Crippen molar-refractivity contribution in [3.8, 4) is 0 Å². The number of H-pyrrole nitrogens is 1. The first-order chi connectivity index (χ1) is 8.46. The fraction of sp³-hybridized carbons (Fsp3) is 0.700. The zero-order chi connectivity index (χ0) is 13.3. The number of nitrogens with one attached hydrogen (secondary N) is 1. The number of hydrogen-bond acceptors (Lipinski definition) is 5. The molecule has 0 aliphatic carbocycles. The van der Waals surface area contributed by atoms with Crippen molar-refractivity contribution in [3.05, 3.63) is 11.8 Å². The summed E-state index contributed by atoms with van der Waals surface area (Å²) in [4.78, 5) is 0. The van der Waals surface area contributed by atoms with Crippen LogP contribution in [0.15, 0.2) is 11.2 Å². The highest BCUT2D eigenvalue weighted by Crippen LogP contribution is 2.23. The average molecular weight is 275 g/mol. The number of sulfonamides is 1. The van der Waals surface area contributed by atoms with Crippen LogP contribution in [0.4, 0.5) is 0 Å².